The van der Waals surface area contributed by atoms with Gasteiger partial charge in [0, 0.05) is 24.7 Å². The number of anilines is 1. The molecule has 8 nitrogen and oxygen atoms in total. The second-order valence-electron chi connectivity index (χ2n) is 5.59. The lowest BCUT2D eigenvalue weighted by molar-refractivity contribution is -0.140. The van der Waals surface area contributed by atoms with Gasteiger partial charge in [-0.3, -0.25) is 14.3 Å². The number of amides is 1. The van der Waals surface area contributed by atoms with Crippen molar-refractivity contribution in [2.24, 2.45) is 0 Å². The van der Waals surface area contributed by atoms with E-state index in [2.05, 4.69) is 15.2 Å². The second kappa shape index (κ2) is 9.45. The Labute approximate surface area is 152 Å². The van der Waals surface area contributed by atoms with Crippen molar-refractivity contribution in [1.82, 2.24) is 9.78 Å². The van der Waals surface area contributed by atoms with Crippen molar-refractivity contribution in [2.75, 3.05) is 26.1 Å². The van der Waals surface area contributed by atoms with Gasteiger partial charge in [-0.1, -0.05) is 0 Å². The zero-order valence-corrected chi connectivity index (χ0v) is 15.2. The fourth-order valence-corrected chi connectivity index (χ4v) is 2.27. The van der Waals surface area contributed by atoms with Crippen LogP contribution in [0.15, 0.2) is 30.3 Å². The highest BCUT2D eigenvalue weighted by atomic mass is 16.5. The Morgan fingerprint density at radius 1 is 1.15 bits per heavy atom. The first kappa shape index (κ1) is 19.3. The van der Waals surface area contributed by atoms with Crippen LogP contribution in [0.3, 0.4) is 0 Å². The third-order valence-corrected chi connectivity index (χ3v) is 3.66. The number of benzene rings is 1. The van der Waals surface area contributed by atoms with E-state index >= 15 is 0 Å². The molecular weight excluding hydrogens is 338 g/mol. The maximum atomic E-state index is 12.0. The molecule has 0 spiro atoms. The Balaban J connectivity index is 1.80. The summed E-state index contributed by atoms with van der Waals surface area (Å²) in [5.41, 5.74) is 0.890. The van der Waals surface area contributed by atoms with Crippen molar-refractivity contribution in [1.29, 1.82) is 0 Å². The van der Waals surface area contributed by atoms with E-state index in [0.717, 1.165) is 11.4 Å². The largest absolute Gasteiger partial charge is 0.497 e. The molecule has 8 heteroatoms. The molecule has 0 bridgehead atoms. The average molecular weight is 361 g/mol. The monoisotopic (exact) mass is 361 g/mol. The van der Waals surface area contributed by atoms with Crippen LogP contribution in [0.1, 0.15) is 18.5 Å². The minimum Gasteiger partial charge on any atom is -0.497 e. The van der Waals surface area contributed by atoms with E-state index in [0.29, 0.717) is 31.0 Å². The Hall–Kier alpha value is -3.03. The van der Waals surface area contributed by atoms with Gasteiger partial charge in [0.15, 0.2) is 12.4 Å². The van der Waals surface area contributed by atoms with Gasteiger partial charge in [-0.2, -0.15) is 5.10 Å². The lowest BCUT2D eigenvalue weighted by Crippen LogP contribution is -2.20. The third-order valence-electron chi connectivity index (χ3n) is 3.66. The van der Waals surface area contributed by atoms with Gasteiger partial charge in [0.25, 0.3) is 5.91 Å². The van der Waals surface area contributed by atoms with Gasteiger partial charge in [-0.25, -0.2) is 0 Å². The summed E-state index contributed by atoms with van der Waals surface area (Å²) in [7, 11) is 2.95. The van der Waals surface area contributed by atoms with E-state index in [4.69, 9.17) is 9.47 Å². The van der Waals surface area contributed by atoms with E-state index in [9.17, 15) is 9.59 Å². The van der Waals surface area contributed by atoms with Crippen LogP contribution in [-0.4, -0.2) is 42.5 Å². The van der Waals surface area contributed by atoms with E-state index in [1.807, 2.05) is 6.92 Å². The molecule has 0 saturated heterocycles. The molecule has 140 valence electrons. The number of aryl methyl sites for hydroxylation is 2. The summed E-state index contributed by atoms with van der Waals surface area (Å²) in [4.78, 5) is 23.1. The number of aromatic nitrogens is 2. The smallest absolute Gasteiger partial charge is 0.305 e. The highest BCUT2D eigenvalue weighted by Gasteiger charge is 2.09. The molecule has 2 aromatic rings. The van der Waals surface area contributed by atoms with E-state index < -0.39 is 0 Å². The summed E-state index contributed by atoms with van der Waals surface area (Å²) in [6, 6.07) is 8.74. The summed E-state index contributed by atoms with van der Waals surface area (Å²) in [6.45, 7) is 2.33. The zero-order valence-electron chi connectivity index (χ0n) is 15.2. The van der Waals surface area contributed by atoms with Gasteiger partial charge < -0.3 is 19.5 Å². The first-order chi connectivity index (χ1) is 12.5. The van der Waals surface area contributed by atoms with Crippen LogP contribution in [0.25, 0.3) is 0 Å². The SMILES string of the molecule is COC(=O)CCCn1nc(NC(=O)COc2ccc(OC)cc2)cc1C. The minimum atomic E-state index is -0.306. The van der Waals surface area contributed by atoms with Gasteiger partial charge in [0.2, 0.25) is 0 Å². The number of nitrogens with zero attached hydrogens (tertiary/aromatic N) is 2. The molecule has 0 unspecified atom stereocenters. The van der Waals surface area contributed by atoms with Gasteiger partial charge in [-0.15, -0.1) is 0 Å². The molecule has 1 amide bonds. The lowest BCUT2D eigenvalue weighted by atomic mass is 10.3. The number of esters is 1. The van der Waals surface area contributed by atoms with E-state index in [1.54, 1.807) is 42.1 Å². The number of methoxy groups -OCH3 is 2. The first-order valence-electron chi connectivity index (χ1n) is 8.20. The minimum absolute atomic E-state index is 0.124. The maximum Gasteiger partial charge on any atom is 0.305 e. The molecule has 0 aliphatic heterocycles. The van der Waals surface area contributed by atoms with Crippen molar-refractivity contribution < 1.29 is 23.8 Å². The second-order valence-corrected chi connectivity index (χ2v) is 5.59. The number of nitrogens with one attached hydrogen (secondary N) is 1. The maximum absolute atomic E-state index is 12.0. The predicted molar refractivity (Wildman–Crippen MR) is 95.3 cm³/mol. The van der Waals surface area contributed by atoms with Crippen molar-refractivity contribution in [2.45, 2.75) is 26.3 Å². The summed E-state index contributed by atoms with van der Waals surface area (Å²) in [5, 5.41) is 7.00. The number of ether oxygens (including phenoxy) is 3. The van der Waals surface area contributed by atoms with Gasteiger partial charge in [-0.05, 0) is 37.6 Å². The molecule has 26 heavy (non-hydrogen) atoms. The van der Waals surface area contributed by atoms with Gasteiger partial charge in [0.1, 0.15) is 11.5 Å². The molecule has 2 rings (SSSR count). The van der Waals surface area contributed by atoms with Crippen molar-refractivity contribution in [3.63, 3.8) is 0 Å². The molecule has 1 N–H and O–H groups in total. The normalized spacial score (nSPS) is 10.3. The fraction of sp³-hybridized carbons (Fsp3) is 0.389. The van der Waals surface area contributed by atoms with Crippen LogP contribution in [-0.2, 0) is 20.9 Å². The summed E-state index contributed by atoms with van der Waals surface area (Å²) in [5.74, 6) is 1.18. The van der Waals surface area contributed by atoms with Crippen LogP contribution in [0.4, 0.5) is 5.82 Å². The van der Waals surface area contributed by atoms with Crippen LogP contribution < -0.4 is 14.8 Å². The number of rotatable bonds is 9. The van der Waals surface area contributed by atoms with Crippen molar-refractivity contribution in [3.05, 3.63) is 36.0 Å². The van der Waals surface area contributed by atoms with E-state index in [-0.39, 0.29) is 18.5 Å². The topological polar surface area (TPSA) is 91.7 Å². The number of carbonyl (C=O) groups excluding carboxylic acids is 2. The highest BCUT2D eigenvalue weighted by Crippen LogP contribution is 2.17. The Morgan fingerprint density at radius 3 is 2.50 bits per heavy atom. The van der Waals surface area contributed by atoms with E-state index in [1.165, 1.54) is 7.11 Å². The molecule has 0 atom stereocenters. The Bertz CT molecular complexity index is 740. The van der Waals surface area contributed by atoms with Gasteiger partial charge >= 0.3 is 5.97 Å². The van der Waals surface area contributed by atoms with Crippen LogP contribution in [0, 0.1) is 6.92 Å². The number of hydrogen-bond donors (Lipinski definition) is 1. The Kier molecular flexibility index (Phi) is 7.02. The van der Waals surface area contributed by atoms with Gasteiger partial charge in [0.05, 0.1) is 14.2 Å². The molecule has 1 aromatic heterocycles. The molecule has 0 saturated carbocycles. The molecule has 0 aliphatic rings. The average Bonchev–Trinajstić information content (AvgIpc) is 2.99. The van der Waals surface area contributed by atoms with Crippen molar-refractivity contribution in [3.8, 4) is 11.5 Å². The lowest BCUT2D eigenvalue weighted by Gasteiger charge is -2.07. The number of hydrogen-bond acceptors (Lipinski definition) is 6. The summed E-state index contributed by atoms with van der Waals surface area (Å²) < 4.78 is 16.8. The standard InChI is InChI=1S/C18H23N3O5/c1-13-11-16(20-21(13)10-4-5-18(23)25-3)19-17(22)12-26-15-8-6-14(24-2)7-9-15/h6-9,11H,4-5,10,12H2,1-3H3,(H,19,20,22). The third kappa shape index (κ3) is 5.80. The highest BCUT2D eigenvalue weighted by molar-refractivity contribution is 5.91. The summed E-state index contributed by atoms with van der Waals surface area (Å²) >= 11 is 0. The summed E-state index contributed by atoms with van der Waals surface area (Å²) in [6.07, 6.45) is 0.941. The molecular formula is C18H23N3O5. The van der Waals surface area contributed by atoms with Crippen LogP contribution in [0.5, 0.6) is 11.5 Å². The molecule has 1 heterocycles. The number of carbonyl (C=O) groups is 2. The molecule has 1 aromatic carbocycles. The zero-order chi connectivity index (χ0) is 18.9. The molecule has 0 radical (unpaired) electrons. The van der Waals surface area contributed by atoms with Crippen LogP contribution in [0.2, 0.25) is 0 Å². The van der Waals surface area contributed by atoms with Crippen LogP contribution >= 0.6 is 0 Å². The quantitative estimate of drug-likeness (QED) is 0.688. The molecule has 0 aliphatic carbocycles. The molecule has 0 fully saturated rings. The Morgan fingerprint density at radius 2 is 1.85 bits per heavy atom. The predicted octanol–water partition coefficient (Wildman–Crippen LogP) is 2.17. The first-order valence-corrected chi connectivity index (χ1v) is 8.20. The fourth-order valence-electron chi connectivity index (χ4n) is 2.27. The van der Waals surface area contributed by atoms with Crippen molar-refractivity contribution >= 4 is 17.7 Å².